The Morgan fingerprint density at radius 3 is 2.50 bits per heavy atom. The zero-order valence-electron chi connectivity index (χ0n) is 17.8. The summed E-state index contributed by atoms with van der Waals surface area (Å²) < 4.78 is 7.72. The lowest BCUT2D eigenvalue weighted by molar-refractivity contribution is -0.112. The van der Waals surface area contributed by atoms with Gasteiger partial charge in [0.05, 0.1) is 5.69 Å². The average Bonchev–Trinajstić information content (AvgIpc) is 3.48. The first kappa shape index (κ1) is 21.3. The molecule has 1 amide bonds. The highest BCUT2D eigenvalue weighted by Crippen LogP contribution is 2.31. The number of carbonyl (C=O) groups excluding carboxylic acids is 1. The summed E-state index contributed by atoms with van der Waals surface area (Å²) in [4.78, 5) is 12.8. The van der Waals surface area contributed by atoms with Gasteiger partial charge in [0.15, 0.2) is 5.76 Å². The summed E-state index contributed by atoms with van der Waals surface area (Å²) in [5, 5.41) is 18.6. The van der Waals surface area contributed by atoms with Crippen molar-refractivity contribution in [1.29, 1.82) is 5.26 Å². The van der Waals surface area contributed by atoms with Gasteiger partial charge in [0, 0.05) is 27.9 Å². The lowest BCUT2D eigenvalue weighted by Crippen LogP contribution is -2.13. The minimum Gasteiger partial charge on any atom is -0.454 e. The van der Waals surface area contributed by atoms with E-state index in [0.717, 1.165) is 16.7 Å². The maximum atomic E-state index is 12.8. The van der Waals surface area contributed by atoms with Crippen LogP contribution in [0.4, 0.5) is 5.69 Å². The third kappa shape index (κ3) is 4.33. The van der Waals surface area contributed by atoms with E-state index >= 15 is 0 Å². The standard InChI is InChI=1S/C27H17ClN4O2/c28-21-10-12-22(13-11-21)30-27(33)19(16-29)14-20-17-32(23-7-2-1-3-8-23)31-26(20)25-15-18-6-4-5-9-24(18)34-25/h1-15,17H,(H,30,33)/b19-14+. The van der Waals surface area contributed by atoms with Crippen LogP contribution in [0.15, 0.2) is 101 Å². The molecule has 164 valence electrons. The number of fused-ring (bicyclic) bond motifs is 1. The van der Waals surface area contributed by atoms with Crippen molar-refractivity contribution in [2.45, 2.75) is 0 Å². The minimum absolute atomic E-state index is 0.0695. The molecule has 0 unspecified atom stereocenters. The molecule has 34 heavy (non-hydrogen) atoms. The molecule has 0 saturated carbocycles. The van der Waals surface area contributed by atoms with Gasteiger partial charge in [-0.15, -0.1) is 0 Å². The summed E-state index contributed by atoms with van der Waals surface area (Å²) in [5.74, 6) is 0.00497. The zero-order chi connectivity index (χ0) is 23.5. The van der Waals surface area contributed by atoms with Crippen LogP contribution in [0.1, 0.15) is 5.56 Å². The second-order valence-corrected chi connectivity index (χ2v) is 7.93. The summed E-state index contributed by atoms with van der Waals surface area (Å²) in [7, 11) is 0. The number of amides is 1. The van der Waals surface area contributed by atoms with Gasteiger partial charge < -0.3 is 9.73 Å². The van der Waals surface area contributed by atoms with Crippen LogP contribution in [0.25, 0.3) is 34.2 Å². The number of hydrogen-bond acceptors (Lipinski definition) is 4. The number of hydrogen-bond donors (Lipinski definition) is 1. The van der Waals surface area contributed by atoms with Gasteiger partial charge in [0.25, 0.3) is 5.91 Å². The van der Waals surface area contributed by atoms with Crippen LogP contribution in [0.3, 0.4) is 0 Å². The molecule has 7 heteroatoms. The molecule has 0 spiro atoms. The van der Waals surface area contributed by atoms with Gasteiger partial charge in [0.2, 0.25) is 0 Å². The summed E-state index contributed by atoms with van der Waals surface area (Å²) in [5.41, 5.74) is 3.12. The van der Waals surface area contributed by atoms with Gasteiger partial charge in [-0.1, -0.05) is 48.0 Å². The predicted molar refractivity (Wildman–Crippen MR) is 132 cm³/mol. The van der Waals surface area contributed by atoms with E-state index in [2.05, 4.69) is 5.32 Å². The Labute approximate surface area is 200 Å². The molecule has 1 N–H and O–H groups in total. The lowest BCUT2D eigenvalue weighted by Gasteiger charge is -2.04. The van der Waals surface area contributed by atoms with E-state index in [0.29, 0.717) is 27.7 Å². The van der Waals surface area contributed by atoms with Crippen molar-refractivity contribution in [3.63, 3.8) is 0 Å². The van der Waals surface area contributed by atoms with Crippen molar-refractivity contribution < 1.29 is 9.21 Å². The third-order valence-corrected chi connectivity index (χ3v) is 5.44. The molecular formula is C27H17ClN4O2. The third-order valence-electron chi connectivity index (χ3n) is 5.19. The van der Waals surface area contributed by atoms with E-state index in [1.54, 1.807) is 35.1 Å². The summed E-state index contributed by atoms with van der Waals surface area (Å²) >= 11 is 5.91. The Kier molecular flexibility index (Phi) is 5.69. The quantitative estimate of drug-likeness (QED) is 0.238. The Bertz CT molecular complexity index is 1530. The monoisotopic (exact) mass is 464 g/mol. The summed E-state index contributed by atoms with van der Waals surface area (Å²) in [6.07, 6.45) is 3.28. The van der Waals surface area contributed by atoms with Crippen LogP contribution >= 0.6 is 11.6 Å². The number of nitrogens with one attached hydrogen (secondary N) is 1. The first-order valence-electron chi connectivity index (χ1n) is 10.4. The minimum atomic E-state index is -0.534. The van der Waals surface area contributed by atoms with E-state index in [4.69, 9.17) is 21.1 Å². The van der Waals surface area contributed by atoms with Gasteiger partial charge in [-0.25, -0.2) is 4.68 Å². The molecule has 6 nitrogen and oxygen atoms in total. The molecule has 0 bridgehead atoms. The predicted octanol–water partition coefficient (Wildman–Crippen LogP) is 6.48. The molecule has 0 atom stereocenters. The number of nitrogens with zero attached hydrogens (tertiary/aromatic N) is 3. The molecular weight excluding hydrogens is 448 g/mol. The number of benzene rings is 3. The van der Waals surface area contributed by atoms with Gasteiger partial charge in [-0.05, 0) is 54.6 Å². The number of carbonyl (C=O) groups is 1. The highest BCUT2D eigenvalue weighted by Gasteiger charge is 2.18. The van der Waals surface area contributed by atoms with Crippen molar-refractivity contribution in [2.24, 2.45) is 0 Å². The molecule has 2 heterocycles. The number of halogens is 1. The highest BCUT2D eigenvalue weighted by molar-refractivity contribution is 6.30. The molecule has 0 fully saturated rings. The van der Waals surface area contributed by atoms with Crippen molar-refractivity contribution in [3.8, 4) is 23.2 Å². The van der Waals surface area contributed by atoms with Crippen molar-refractivity contribution in [1.82, 2.24) is 9.78 Å². The van der Waals surface area contributed by atoms with E-state index in [9.17, 15) is 10.1 Å². The first-order valence-corrected chi connectivity index (χ1v) is 10.8. The SMILES string of the molecule is N#C/C(=C\c1cn(-c2ccccc2)nc1-c1cc2ccccc2o1)C(=O)Nc1ccc(Cl)cc1. The van der Waals surface area contributed by atoms with E-state index in [1.807, 2.05) is 66.7 Å². The Morgan fingerprint density at radius 1 is 1.03 bits per heavy atom. The molecule has 0 aliphatic carbocycles. The normalized spacial score (nSPS) is 11.4. The summed E-state index contributed by atoms with van der Waals surface area (Å²) in [6.45, 7) is 0. The van der Waals surface area contributed by atoms with Crippen LogP contribution in [-0.2, 0) is 4.79 Å². The zero-order valence-corrected chi connectivity index (χ0v) is 18.5. The molecule has 2 aromatic heterocycles. The van der Waals surface area contributed by atoms with Crippen molar-refractivity contribution in [2.75, 3.05) is 5.32 Å². The van der Waals surface area contributed by atoms with Crippen LogP contribution in [0.2, 0.25) is 5.02 Å². The second kappa shape index (κ2) is 9.10. The van der Waals surface area contributed by atoms with Crippen molar-refractivity contribution in [3.05, 3.63) is 107 Å². The van der Waals surface area contributed by atoms with Crippen LogP contribution in [0, 0.1) is 11.3 Å². The Morgan fingerprint density at radius 2 is 1.76 bits per heavy atom. The fraction of sp³-hybridized carbons (Fsp3) is 0. The van der Waals surface area contributed by atoms with E-state index in [1.165, 1.54) is 6.08 Å². The lowest BCUT2D eigenvalue weighted by atomic mass is 10.1. The number of para-hydroxylation sites is 2. The number of rotatable bonds is 5. The topological polar surface area (TPSA) is 83.8 Å². The maximum Gasteiger partial charge on any atom is 0.266 e. The molecule has 0 radical (unpaired) electrons. The molecule has 0 aliphatic rings. The molecule has 0 saturated heterocycles. The number of aromatic nitrogens is 2. The Balaban J connectivity index is 1.57. The Hall–Kier alpha value is -4.60. The second-order valence-electron chi connectivity index (χ2n) is 7.49. The van der Waals surface area contributed by atoms with Crippen LogP contribution in [-0.4, -0.2) is 15.7 Å². The summed E-state index contributed by atoms with van der Waals surface area (Å²) in [6, 6.07) is 27.8. The fourth-order valence-electron chi connectivity index (χ4n) is 3.53. The fourth-order valence-corrected chi connectivity index (χ4v) is 3.66. The number of furan rings is 1. The van der Waals surface area contributed by atoms with Gasteiger partial charge >= 0.3 is 0 Å². The molecule has 3 aromatic carbocycles. The molecule has 5 aromatic rings. The van der Waals surface area contributed by atoms with Crippen LogP contribution < -0.4 is 5.32 Å². The van der Waals surface area contributed by atoms with Gasteiger partial charge in [0.1, 0.15) is 22.9 Å². The van der Waals surface area contributed by atoms with E-state index in [-0.39, 0.29) is 5.57 Å². The van der Waals surface area contributed by atoms with Gasteiger partial charge in [-0.3, -0.25) is 4.79 Å². The van der Waals surface area contributed by atoms with Crippen molar-refractivity contribution >= 4 is 40.2 Å². The largest absolute Gasteiger partial charge is 0.454 e. The van der Waals surface area contributed by atoms with E-state index < -0.39 is 5.91 Å². The molecule has 0 aliphatic heterocycles. The highest BCUT2D eigenvalue weighted by atomic mass is 35.5. The number of anilines is 1. The average molecular weight is 465 g/mol. The molecule has 5 rings (SSSR count). The number of nitriles is 1. The van der Waals surface area contributed by atoms with Gasteiger partial charge in [-0.2, -0.15) is 10.4 Å². The maximum absolute atomic E-state index is 12.8. The van der Waals surface area contributed by atoms with Crippen LogP contribution in [0.5, 0.6) is 0 Å². The first-order chi connectivity index (χ1) is 16.6. The smallest absolute Gasteiger partial charge is 0.266 e.